The van der Waals surface area contributed by atoms with Crippen LogP contribution in [0.5, 0.6) is 17.2 Å². The third-order valence-corrected chi connectivity index (χ3v) is 6.78. The van der Waals surface area contributed by atoms with E-state index >= 15 is 0 Å². The van der Waals surface area contributed by atoms with Crippen molar-refractivity contribution in [3.63, 3.8) is 0 Å². The van der Waals surface area contributed by atoms with Gasteiger partial charge in [-0.05, 0) is 61.7 Å². The molecule has 0 aliphatic carbocycles. The number of rotatable bonds is 6. The molecule has 1 fully saturated rings. The molecule has 2 aliphatic heterocycles. The highest BCUT2D eigenvalue weighted by atomic mass is 16.6. The van der Waals surface area contributed by atoms with Crippen LogP contribution in [0.25, 0.3) is 0 Å². The molecule has 0 radical (unpaired) electrons. The number of likely N-dealkylation sites (tertiary alicyclic amines) is 1. The first-order chi connectivity index (χ1) is 17.1. The van der Waals surface area contributed by atoms with Crippen molar-refractivity contribution in [2.24, 2.45) is 0 Å². The fraction of sp³-hybridized carbons (Fsp3) is 0.345. The van der Waals surface area contributed by atoms with E-state index in [1.807, 2.05) is 66.4 Å². The molecule has 0 saturated carbocycles. The van der Waals surface area contributed by atoms with Crippen LogP contribution < -0.4 is 19.1 Å². The van der Waals surface area contributed by atoms with Gasteiger partial charge in [0.2, 0.25) is 0 Å². The zero-order chi connectivity index (χ0) is 24.2. The highest BCUT2D eigenvalue weighted by Gasteiger charge is 2.30. The van der Waals surface area contributed by atoms with Crippen LogP contribution in [0.1, 0.15) is 34.3 Å². The summed E-state index contributed by atoms with van der Waals surface area (Å²) in [6.07, 6.45) is 1.80. The minimum absolute atomic E-state index is 0.0311. The Hall–Kier alpha value is -3.51. The van der Waals surface area contributed by atoms with Crippen molar-refractivity contribution < 1.29 is 19.0 Å². The van der Waals surface area contributed by atoms with Crippen molar-refractivity contribution in [3.05, 3.63) is 83.4 Å². The molecule has 0 bridgehead atoms. The smallest absolute Gasteiger partial charge is 0.258 e. The Morgan fingerprint density at radius 2 is 1.71 bits per heavy atom. The van der Waals surface area contributed by atoms with E-state index in [-0.39, 0.29) is 11.9 Å². The van der Waals surface area contributed by atoms with E-state index < -0.39 is 0 Å². The Morgan fingerprint density at radius 3 is 2.46 bits per heavy atom. The number of aryl methyl sites for hydroxylation is 1. The first-order valence-electron chi connectivity index (χ1n) is 12.3. The monoisotopic (exact) mass is 472 g/mol. The minimum atomic E-state index is 0.0311. The normalized spacial score (nSPS) is 16.1. The van der Waals surface area contributed by atoms with Crippen molar-refractivity contribution >= 4 is 11.6 Å². The fourth-order valence-corrected chi connectivity index (χ4v) is 4.87. The second kappa shape index (κ2) is 10.4. The number of methoxy groups -OCH3 is 1. The summed E-state index contributed by atoms with van der Waals surface area (Å²) in [5, 5.41) is 0. The van der Waals surface area contributed by atoms with Crippen molar-refractivity contribution in [1.29, 1.82) is 0 Å². The lowest BCUT2D eigenvalue weighted by Gasteiger charge is -2.39. The maximum atomic E-state index is 13.7. The SMILES string of the molecule is COc1cccc(N(C(=O)c2ccc(C)cc2)C2CCN(Cc3ccc4c(c3)OCCO4)CC2)c1. The average Bonchev–Trinajstić information content (AvgIpc) is 2.90. The molecule has 3 aromatic rings. The molecule has 2 aliphatic rings. The van der Waals surface area contributed by atoms with Crippen molar-refractivity contribution in [3.8, 4) is 17.2 Å². The fourth-order valence-electron chi connectivity index (χ4n) is 4.87. The topological polar surface area (TPSA) is 51.2 Å². The second-order valence-electron chi connectivity index (χ2n) is 9.23. The van der Waals surface area contributed by atoms with Crippen molar-refractivity contribution in [2.75, 3.05) is 38.3 Å². The van der Waals surface area contributed by atoms with Gasteiger partial charge in [-0.25, -0.2) is 0 Å². The predicted molar refractivity (Wildman–Crippen MR) is 137 cm³/mol. The molecule has 6 nitrogen and oxygen atoms in total. The van der Waals surface area contributed by atoms with Crippen LogP contribution in [-0.2, 0) is 6.54 Å². The molecule has 0 N–H and O–H groups in total. The Bertz CT molecular complexity index is 1170. The Morgan fingerprint density at radius 1 is 0.971 bits per heavy atom. The maximum absolute atomic E-state index is 13.7. The van der Waals surface area contributed by atoms with Crippen molar-refractivity contribution in [2.45, 2.75) is 32.4 Å². The maximum Gasteiger partial charge on any atom is 0.258 e. The first kappa shape index (κ1) is 23.2. The van der Waals surface area contributed by atoms with Crippen LogP contribution in [-0.4, -0.2) is 50.3 Å². The summed E-state index contributed by atoms with van der Waals surface area (Å²) >= 11 is 0. The average molecular weight is 473 g/mol. The molecular formula is C29H32N2O4. The quantitative estimate of drug-likeness (QED) is 0.500. The van der Waals surface area contributed by atoms with Gasteiger partial charge in [0.15, 0.2) is 11.5 Å². The molecule has 6 heteroatoms. The van der Waals surface area contributed by atoms with Gasteiger partial charge in [0.25, 0.3) is 5.91 Å². The predicted octanol–water partition coefficient (Wildman–Crippen LogP) is 5.09. The highest BCUT2D eigenvalue weighted by Crippen LogP contribution is 2.32. The van der Waals surface area contributed by atoms with Gasteiger partial charge in [0.05, 0.1) is 7.11 Å². The van der Waals surface area contributed by atoms with E-state index in [0.717, 1.165) is 61.0 Å². The molecular weight excluding hydrogens is 440 g/mol. The van der Waals surface area contributed by atoms with Gasteiger partial charge in [0.1, 0.15) is 19.0 Å². The lowest BCUT2D eigenvalue weighted by atomic mass is 9.99. The molecule has 2 heterocycles. The van der Waals surface area contributed by atoms with Gasteiger partial charge >= 0.3 is 0 Å². The number of ether oxygens (including phenoxy) is 3. The van der Waals surface area contributed by atoms with E-state index in [0.29, 0.717) is 18.8 Å². The Balaban J connectivity index is 1.31. The Kier molecular flexibility index (Phi) is 6.91. The largest absolute Gasteiger partial charge is 0.497 e. The zero-order valence-corrected chi connectivity index (χ0v) is 20.4. The van der Waals surface area contributed by atoms with E-state index in [1.165, 1.54) is 5.56 Å². The summed E-state index contributed by atoms with van der Waals surface area (Å²) in [4.78, 5) is 18.1. The molecule has 0 unspecified atom stereocenters. The number of piperidine rings is 1. The molecule has 1 saturated heterocycles. The molecule has 0 atom stereocenters. The first-order valence-corrected chi connectivity index (χ1v) is 12.3. The lowest BCUT2D eigenvalue weighted by Crippen LogP contribution is -2.47. The van der Waals surface area contributed by atoms with Crippen molar-refractivity contribution in [1.82, 2.24) is 4.90 Å². The second-order valence-corrected chi connectivity index (χ2v) is 9.23. The summed E-state index contributed by atoms with van der Waals surface area (Å²) in [7, 11) is 1.65. The van der Waals surface area contributed by atoms with E-state index in [1.54, 1.807) is 7.11 Å². The molecule has 182 valence electrons. The third kappa shape index (κ3) is 5.28. The number of nitrogens with zero attached hydrogens (tertiary/aromatic N) is 2. The number of benzene rings is 3. The van der Waals surface area contributed by atoms with Crippen LogP contribution in [0.15, 0.2) is 66.7 Å². The van der Waals surface area contributed by atoms with Crippen LogP contribution in [0.4, 0.5) is 5.69 Å². The highest BCUT2D eigenvalue weighted by molar-refractivity contribution is 6.06. The summed E-state index contributed by atoms with van der Waals surface area (Å²) in [5.41, 5.74) is 3.94. The number of fused-ring (bicyclic) bond motifs is 1. The molecule has 5 rings (SSSR count). The number of anilines is 1. The number of hydrogen-bond donors (Lipinski definition) is 0. The number of hydrogen-bond acceptors (Lipinski definition) is 5. The summed E-state index contributed by atoms with van der Waals surface area (Å²) in [6.45, 7) is 5.92. The number of carbonyl (C=O) groups excluding carboxylic acids is 1. The zero-order valence-electron chi connectivity index (χ0n) is 20.4. The summed E-state index contributed by atoms with van der Waals surface area (Å²) < 4.78 is 16.8. The van der Waals surface area contributed by atoms with E-state index in [4.69, 9.17) is 14.2 Å². The molecule has 0 spiro atoms. The van der Waals surface area contributed by atoms with Crippen LogP contribution in [0.2, 0.25) is 0 Å². The number of carbonyl (C=O) groups is 1. The standard InChI is InChI=1S/C29H32N2O4/c1-21-6-9-23(10-7-21)29(32)31(25-4-3-5-26(19-25)33-2)24-12-14-30(15-13-24)20-22-8-11-27-28(18-22)35-17-16-34-27/h3-11,18-19,24H,12-17,20H2,1-2H3. The molecule has 35 heavy (non-hydrogen) atoms. The summed E-state index contributed by atoms with van der Waals surface area (Å²) in [5.74, 6) is 2.43. The molecule has 1 amide bonds. The van der Waals surface area contributed by atoms with E-state index in [9.17, 15) is 4.79 Å². The third-order valence-electron chi connectivity index (χ3n) is 6.78. The van der Waals surface area contributed by atoms with Gasteiger partial charge < -0.3 is 19.1 Å². The lowest BCUT2D eigenvalue weighted by molar-refractivity contribution is 0.0958. The van der Waals surface area contributed by atoms with Gasteiger partial charge in [-0.1, -0.05) is 29.8 Å². The van der Waals surface area contributed by atoms with Gasteiger partial charge in [0, 0.05) is 43.0 Å². The number of amides is 1. The minimum Gasteiger partial charge on any atom is -0.497 e. The van der Waals surface area contributed by atoms with Gasteiger partial charge in [-0.15, -0.1) is 0 Å². The van der Waals surface area contributed by atoms with Crippen LogP contribution in [0, 0.1) is 6.92 Å². The van der Waals surface area contributed by atoms with Crippen LogP contribution >= 0.6 is 0 Å². The van der Waals surface area contributed by atoms with E-state index in [2.05, 4.69) is 17.0 Å². The summed E-state index contributed by atoms with van der Waals surface area (Å²) in [6, 6.07) is 21.9. The Labute approximate surface area is 207 Å². The van der Waals surface area contributed by atoms with Crippen LogP contribution in [0.3, 0.4) is 0 Å². The molecule has 3 aromatic carbocycles. The van der Waals surface area contributed by atoms with Gasteiger partial charge in [-0.3, -0.25) is 9.69 Å². The molecule has 0 aromatic heterocycles. The van der Waals surface area contributed by atoms with Gasteiger partial charge in [-0.2, -0.15) is 0 Å².